The molecule has 3 aromatic carbocycles. The van der Waals surface area contributed by atoms with Crippen LogP contribution in [0, 0.1) is 0 Å². The van der Waals surface area contributed by atoms with Gasteiger partial charge in [-0.25, -0.2) is 19.6 Å². The van der Waals surface area contributed by atoms with Crippen molar-refractivity contribution >= 4 is 41.1 Å². The first kappa shape index (κ1) is 27.8. The molecule has 0 N–H and O–H groups in total. The largest absolute Gasteiger partial charge is 0.469 e. The molecule has 0 aliphatic rings. The third kappa shape index (κ3) is 6.60. The van der Waals surface area contributed by atoms with Crippen LogP contribution < -0.4 is 0 Å². The second-order valence-corrected chi connectivity index (χ2v) is 9.07. The maximum Gasteiger partial charge on any atom is 0.353 e. The van der Waals surface area contributed by atoms with Gasteiger partial charge >= 0.3 is 17.9 Å². The Morgan fingerprint density at radius 1 is 0.769 bits per heavy atom. The second kappa shape index (κ2) is 12.5. The van der Waals surface area contributed by atoms with Crippen molar-refractivity contribution in [2.24, 2.45) is 0 Å². The molecule has 0 fully saturated rings. The van der Waals surface area contributed by atoms with Crippen LogP contribution >= 0.6 is 23.2 Å². The van der Waals surface area contributed by atoms with Gasteiger partial charge in [0.2, 0.25) is 6.10 Å². The number of aromatic nitrogens is 2. The highest BCUT2D eigenvalue weighted by atomic mass is 35.5. The van der Waals surface area contributed by atoms with Gasteiger partial charge in [-0.1, -0.05) is 65.7 Å². The molecule has 1 aromatic heterocycles. The van der Waals surface area contributed by atoms with E-state index in [0.29, 0.717) is 26.7 Å². The number of hydrogen-bond acceptors (Lipinski definition) is 8. The summed E-state index contributed by atoms with van der Waals surface area (Å²) in [6.07, 6.45) is -1.85. The van der Waals surface area contributed by atoms with Crippen molar-refractivity contribution in [3.8, 4) is 22.5 Å². The quantitative estimate of drug-likeness (QED) is 0.192. The smallest absolute Gasteiger partial charge is 0.353 e. The van der Waals surface area contributed by atoms with Crippen LogP contribution in [0.2, 0.25) is 10.0 Å². The summed E-state index contributed by atoms with van der Waals surface area (Å²) in [5, 5.41) is 0.896. The number of carbonyl (C=O) groups is 3. The summed E-state index contributed by atoms with van der Waals surface area (Å²) in [7, 11) is 2.43. The number of methoxy groups -OCH3 is 2. The summed E-state index contributed by atoms with van der Waals surface area (Å²) in [6.45, 7) is 0. The third-order valence-electron chi connectivity index (χ3n) is 5.68. The highest BCUT2D eigenvalue weighted by Crippen LogP contribution is 2.35. The monoisotopic (exact) mass is 564 g/mol. The van der Waals surface area contributed by atoms with Crippen molar-refractivity contribution in [2.75, 3.05) is 14.2 Å². The zero-order valence-corrected chi connectivity index (χ0v) is 22.4. The van der Waals surface area contributed by atoms with Crippen LogP contribution in [0.5, 0.6) is 0 Å². The van der Waals surface area contributed by atoms with E-state index in [0.717, 1.165) is 0 Å². The minimum atomic E-state index is -1.61. The van der Waals surface area contributed by atoms with Crippen LogP contribution in [0.15, 0.2) is 78.9 Å². The zero-order chi connectivity index (χ0) is 27.9. The Morgan fingerprint density at radius 2 is 1.38 bits per heavy atom. The van der Waals surface area contributed by atoms with Gasteiger partial charge in [-0.3, -0.25) is 4.79 Å². The van der Waals surface area contributed by atoms with Gasteiger partial charge in [0.15, 0.2) is 5.82 Å². The molecule has 0 bridgehead atoms. The van der Waals surface area contributed by atoms with Gasteiger partial charge < -0.3 is 14.2 Å². The van der Waals surface area contributed by atoms with Crippen LogP contribution in [-0.4, -0.2) is 42.1 Å². The highest BCUT2D eigenvalue weighted by molar-refractivity contribution is 6.31. The van der Waals surface area contributed by atoms with E-state index in [1.165, 1.54) is 38.5 Å². The van der Waals surface area contributed by atoms with Crippen LogP contribution in [0.4, 0.5) is 0 Å². The topological polar surface area (TPSA) is 105 Å². The van der Waals surface area contributed by atoms with Crippen LogP contribution in [-0.2, 0) is 30.2 Å². The number of nitrogens with zero attached hydrogens (tertiary/aromatic N) is 2. The van der Waals surface area contributed by atoms with E-state index in [1.54, 1.807) is 48.5 Å². The Balaban J connectivity index is 1.96. The minimum absolute atomic E-state index is 0.0271. The lowest BCUT2D eigenvalue weighted by Gasteiger charge is -2.21. The molecule has 0 radical (unpaired) electrons. The summed E-state index contributed by atoms with van der Waals surface area (Å²) >= 11 is 12.1. The number of carbonyl (C=O) groups excluding carboxylic acids is 3. The molecule has 0 spiro atoms. The molecule has 198 valence electrons. The van der Waals surface area contributed by atoms with E-state index in [4.69, 9.17) is 37.4 Å². The maximum atomic E-state index is 13.1. The van der Waals surface area contributed by atoms with Crippen LogP contribution in [0.1, 0.15) is 27.8 Å². The number of hydrogen-bond donors (Lipinski definition) is 0. The summed E-state index contributed by atoms with van der Waals surface area (Å²) < 4.78 is 15.6. The number of benzene rings is 3. The van der Waals surface area contributed by atoms with Gasteiger partial charge in [0.05, 0.1) is 31.9 Å². The Kier molecular flexibility index (Phi) is 8.91. The van der Waals surface area contributed by atoms with Crippen molar-refractivity contribution < 1.29 is 28.6 Å². The molecule has 1 atom stereocenters. The molecule has 0 saturated carbocycles. The highest BCUT2D eigenvalue weighted by Gasteiger charge is 2.34. The Morgan fingerprint density at radius 3 is 1.97 bits per heavy atom. The van der Waals surface area contributed by atoms with Gasteiger partial charge in [-0.2, -0.15) is 0 Å². The molecule has 8 nitrogen and oxygen atoms in total. The maximum absolute atomic E-state index is 13.1. The Hall–Kier alpha value is -4.27. The van der Waals surface area contributed by atoms with Gasteiger partial charge in [0.1, 0.15) is 5.69 Å². The number of ether oxygens (including phenoxy) is 3. The Bertz CT molecular complexity index is 1490. The molecule has 0 aliphatic heterocycles. The lowest BCUT2D eigenvalue weighted by molar-refractivity contribution is -0.151. The first-order chi connectivity index (χ1) is 18.8. The first-order valence-corrected chi connectivity index (χ1v) is 12.4. The summed E-state index contributed by atoms with van der Waals surface area (Å²) in [6, 6.07) is 21.6. The standard InChI is InChI=1S/C29H22Cl2N2O6/c1-37-23(34)16-22-24(17-8-12-20(30)13-9-17)25(33-27(32-22)18-6-4-3-5-7-18)26(29(36)38-2)39-28(35)19-10-14-21(31)15-11-19/h3-15,26H,16H2,1-2H3. The summed E-state index contributed by atoms with van der Waals surface area (Å²) in [5.74, 6) is -2.05. The third-order valence-corrected chi connectivity index (χ3v) is 6.19. The normalized spacial score (nSPS) is 11.4. The van der Waals surface area contributed by atoms with Gasteiger partial charge in [0, 0.05) is 21.2 Å². The molecule has 0 amide bonds. The predicted octanol–water partition coefficient (Wildman–Crippen LogP) is 5.90. The van der Waals surface area contributed by atoms with Gasteiger partial charge in [-0.05, 0) is 42.0 Å². The van der Waals surface area contributed by atoms with Crippen molar-refractivity contribution in [2.45, 2.75) is 12.5 Å². The first-order valence-electron chi connectivity index (χ1n) is 11.6. The van der Waals surface area contributed by atoms with E-state index in [2.05, 4.69) is 9.97 Å². The minimum Gasteiger partial charge on any atom is -0.469 e. The van der Waals surface area contributed by atoms with Crippen molar-refractivity contribution in [3.05, 3.63) is 106 Å². The van der Waals surface area contributed by atoms with Crippen LogP contribution in [0.3, 0.4) is 0 Å². The van der Waals surface area contributed by atoms with E-state index in [1.807, 2.05) is 6.07 Å². The van der Waals surface area contributed by atoms with E-state index < -0.39 is 24.0 Å². The second-order valence-electron chi connectivity index (χ2n) is 8.20. The predicted molar refractivity (Wildman–Crippen MR) is 145 cm³/mol. The number of halogens is 2. The molecule has 0 aliphatic carbocycles. The van der Waals surface area contributed by atoms with E-state index >= 15 is 0 Å². The van der Waals surface area contributed by atoms with Gasteiger partial charge in [-0.15, -0.1) is 0 Å². The average Bonchev–Trinajstić information content (AvgIpc) is 2.96. The van der Waals surface area contributed by atoms with E-state index in [-0.39, 0.29) is 29.2 Å². The fraction of sp³-hybridized carbons (Fsp3) is 0.138. The fourth-order valence-electron chi connectivity index (χ4n) is 3.78. The number of esters is 3. The molecular weight excluding hydrogens is 543 g/mol. The van der Waals surface area contributed by atoms with Crippen molar-refractivity contribution in [1.29, 1.82) is 0 Å². The molecule has 4 aromatic rings. The molecular formula is C29H22Cl2N2O6. The van der Waals surface area contributed by atoms with Crippen LogP contribution in [0.25, 0.3) is 22.5 Å². The Labute approximate surface area is 234 Å². The van der Waals surface area contributed by atoms with Gasteiger partial charge in [0.25, 0.3) is 0 Å². The lowest BCUT2D eigenvalue weighted by Crippen LogP contribution is -2.24. The molecule has 1 heterocycles. The zero-order valence-electron chi connectivity index (χ0n) is 20.9. The van der Waals surface area contributed by atoms with E-state index in [9.17, 15) is 14.4 Å². The summed E-state index contributed by atoms with van der Waals surface area (Å²) in [4.78, 5) is 48.0. The fourth-order valence-corrected chi connectivity index (χ4v) is 4.04. The van der Waals surface area contributed by atoms with Crippen molar-refractivity contribution in [3.63, 3.8) is 0 Å². The molecule has 10 heteroatoms. The SMILES string of the molecule is COC(=O)Cc1nc(-c2ccccc2)nc(C(OC(=O)c2ccc(Cl)cc2)C(=O)OC)c1-c1ccc(Cl)cc1. The molecule has 39 heavy (non-hydrogen) atoms. The summed E-state index contributed by atoms with van der Waals surface area (Å²) in [5.41, 5.74) is 1.89. The van der Waals surface area contributed by atoms with Crippen molar-refractivity contribution in [1.82, 2.24) is 9.97 Å². The molecule has 0 saturated heterocycles. The average molecular weight is 565 g/mol. The number of rotatable bonds is 8. The lowest BCUT2D eigenvalue weighted by atomic mass is 9.96. The molecule has 1 unspecified atom stereocenters. The molecule has 4 rings (SSSR count).